The van der Waals surface area contributed by atoms with E-state index in [2.05, 4.69) is 14.7 Å². The third kappa shape index (κ3) is 3.06. The van der Waals surface area contributed by atoms with E-state index in [1.54, 1.807) is 4.90 Å². The summed E-state index contributed by atoms with van der Waals surface area (Å²) in [5.41, 5.74) is 0. The van der Waals surface area contributed by atoms with Gasteiger partial charge in [0.05, 0.1) is 7.11 Å². The number of rotatable bonds is 2. The molecular weight excluding hydrogens is 240 g/mol. The fourth-order valence-electron chi connectivity index (χ4n) is 1.92. The van der Waals surface area contributed by atoms with Crippen LogP contribution in [0.1, 0.15) is 18.7 Å². The number of nitrogens with one attached hydrogen (secondary N) is 1. The largest absolute Gasteiger partial charge is 0.453 e. The van der Waals surface area contributed by atoms with Gasteiger partial charge in [0.15, 0.2) is 0 Å². The Kier molecular flexibility index (Phi) is 3.78. The van der Waals surface area contributed by atoms with Gasteiger partial charge in [-0.3, -0.25) is 0 Å². The molecule has 6 nitrogen and oxygen atoms in total. The summed E-state index contributed by atoms with van der Waals surface area (Å²) in [4.78, 5) is 17.4. The molecular formula is C10H16N4O2S. The summed E-state index contributed by atoms with van der Waals surface area (Å²) >= 11 is 1.35. The fraction of sp³-hybridized carbons (Fsp3) is 0.700. The molecule has 2 heterocycles. The van der Waals surface area contributed by atoms with Crippen molar-refractivity contribution in [2.24, 2.45) is 0 Å². The van der Waals surface area contributed by atoms with Crippen LogP contribution in [0.5, 0.6) is 0 Å². The van der Waals surface area contributed by atoms with Crippen molar-refractivity contribution >= 4 is 22.8 Å². The molecule has 1 aliphatic heterocycles. The first-order valence-corrected chi connectivity index (χ1v) is 6.36. The maximum atomic E-state index is 11.4. The molecule has 1 aliphatic rings. The highest BCUT2D eigenvalue weighted by molar-refractivity contribution is 7.09. The van der Waals surface area contributed by atoms with Crippen molar-refractivity contribution in [3.05, 3.63) is 5.82 Å². The smallest absolute Gasteiger partial charge is 0.409 e. The number of piperidine rings is 1. The van der Waals surface area contributed by atoms with Crippen LogP contribution in [0.4, 0.5) is 9.93 Å². The summed E-state index contributed by atoms with van der Waals surface area (Å²) in [6.45, 7) is 3.29. The van der Waals surface area contributed by atoms with Crippen molar-refractivity contribution in [2.45, 2.75) is 25.8 Å². The van der Waals surface area contributed by atoms with Crippen molar-refractivity contribution in [2.75, 3.05) is 25.5 Å². The SMILES string of the molecule is COC(=O)N1CCCC(Nc2nc(C)ns2)C1. The third-order valence-corrected chi connectivity index (χ3v) is 3.45. The summed E-state index contributed by atoms with van der Waals surface area (Å²) in [5, 5.41) is 4.12. The van der Waals surface area contributed by atoms with Crippen molar-refractivity contribution in [3.8, 4) is 0 Å². The van der Waals surface area contributed by atoms with Gasteiger partial charge in [-0.2, -0.15) is 4.37 Å². The third-order valence-electron chi connectivity index (χ3n) is 2.71. The summed E-state index contributed by atoms with van der Waals surface area (Å²) in [6, 6.07) is 0.232. The number of likely N-dealkylation sites (tertiary alicyclic amines) is 1. The molecule has 1 amide bonds. The fourth-order valence-corrected chi connectivity index (χ4v) is 2.57. The van der Waals surface area contributed by atoms with Gasteiger partial charge in [0, 0.05) is 30.7 Å². The van der Waals surface area contributed by atoms with E-state index in [9.17, 15) is 4.79 Å². The Bertz CT molecular complexity index is 395. The van der Waals surface area contributed by atoms with Crippen LogP contribution in [0.3, 0.4) is 0 Å². The molecule has 1 fully saturated rings. The molecule has 0 bridgehead atoms. The van der Waals surface area contributed by atoms with Gasteiger partial charge in [0.1, 0.15) is 5.82 Å². The molecule has 94 valence electrons. The van der Waals surface area contributed by atoms with E-state index in [1.165, 1.54) is 18.6 Å². The van der Waals surface area contributed by atoms with Crippen molar-refractivity contribution in [1.82, 2.24) is 14.3 Å². The van der Waals surface area contributed by atoms with Crippen molar-refractivity contribution in [3.63, 3.8) is 0 Å². The standard InChI is InChI=1S/C10H16N4O2S/c1-7-11-9(17-13-7)12-8-4-3-5-14(6-8)10(15)16-2/h8H,3-6H2,1-2H3,(H,11,12,13). The minimum Gasteiger partial charge on any atom is -0.453 e. The van der Waals surface area contributed by atoms with Crippen LogP contribution in [0, 0.1) is 6.92 Å². The van der Waals surface area contributed by atoms with Crippen LogP contribution < -0.4 is 5.32 Å². The zero-order valence-corrected chi connectivity index (χ0v) is 10.8. The highest BCUT2D eigenvalue weighted by Crippen LogP contribution is 2.17. The Hall–Kier alpha value is -1.37. The molecule has 17 heavy (non-hydrogen) atoms. The number of nitrogens with zero attached hydrogens (tertiary/aromatic N) is 3. The van der Waals surface area contributed by atoms with Crippen LogP contribution in [-0.4, -0.2) is 46.6 Å². The first kappa shape index (κ1) is 12.1. The van der Waals surface area contributed by atoms with Gasteiger partial charge in [-0.25, -0.2) is 9.78 Å². The molecule has 7 heteroatoms. The number of carbonyl (C=O) groups is 1. The van der Waals surface area contributed by atoms with Crippen LogP contribution in [0.15, 0.2) is 0 Å². The second-order valence-electron chi connectivity index (χ2n) is 4.05. The van der Waals surface area contributed by atoms with Gasteiger partial charge in [-0.15, -0.1) is 0 Å². The van der Waals surface area contributed by atoms with E-state index >= 15 is 0 Å². The highest BCUT2D eigenvalue weighted by atomic mass is 32.1. The van der Waals surface area contributed by atoms with Crippen molar-refractivity contribution < 1.29 is 9.53 Å². The Labute approximate surface area is 104 Å². The van der Waals surface area contributed by atoms with Crippen LogP contribution in [0.2, 0.25) is 0 Å². The lowest BCUT2D eigenvalue weighted by Gasteiger charge is -2.31. The molecule has 1 saturated heterocycles. The summed E-state index contributed by atoms with van der Waals surface area (Å²) in [6.07, 6.45) is 1.75. The van der Waals surface area contributed by atoms with Gasteiger partial charge in [-0.1, -0.05) is 0 Å². The molecule has 1 N–H and O–H groups in total. The number of carbonyl (C=O) groups excluding carboxylic acids is 1. The normalized spacial score (nSPS) is 20.1. The number of methoxy groups -OCH3 is 1. The number of ether oxygens (including phenoxy) is 1. The molecule has 0 radical (unpaired) electrons. The molecule has 0 aromatic carbocycles. The molecule has 2 rings (SSSR count). The predicted octanol–water partition coefficient (Wildman–Crippen LogP) is 1.49. The average molecular weight is 256 g/mol. The van der Waals surface area contributed by atoms with Gasteiger partial charge in [0.2, 0.25) is 5.13 Å². The predicted molar refractivity (Wildman–Crippen MR) is 65.3 cm³/mol. The van der Waals surface area contributed by atoms with E-state index in [0.717, 1.165) is 30.3 Å². The number of amides is 1. The quantitative estimate of drug-likeness (QED) is 0.868. The number of aryl methyl sites for hydroxylation is 1. The zero-order chi connectivity index (χ0) is 12.3. The lowest BCUT2D eigenvalue weighted by atomic mass is 10.1. The van der Waals surface area contributed by atoms with Gasteiger partial charge in [0.25, 0.3) is 0 Å². The number of hydrogen-bond acceptors (Lipinski definition) is 6. The molecule has 1 aromatic heterocycles. The van der Waals surface area contributed by atoms with E-state index < -0.39 is 0 Å². The molecule has 1 aromatic rings. The summed E-state index contributed by atoms with van der Waals surface area (Å²) in [7, 11) is 1.41. The molecule has 0 spiro atoms. The van der Waals surface area contributed by atoms with Crippen LogP contribution in [0.25, 0.3) is 0 Å². The Balaban J connectivity index is 1.91. The Morgan fingerprint density at radius 2 is 2.47 bits per heavy atom. The Morgan fingerprint density at radius 1 is 1.65 bits per heavy atom. The molecule has 0 aliphatic carbocycles. The summed E-state index contributed by atoms with van der Waals surface area (Å²) in [5.74, 6) is 0.776. The lowest BCUT2D eigenvalue weighted by molar-refractivity contribution is 0.113. The average Bonchev–Trinajstić information content (AvgIpc) is 2.74. The zero-order valence-electron chi connectivity index (χ0n) is 9.97. The van der Waals surface area contributed by atoms with Gasteiger partial charge in [-0.05, 0) is 19.8 Å². The monoisotopic (exact) mass is 256 g/mol. The van der Waals surface area contributed by atoms with Gasteiger partial charge >= 0.3 is 6.09 Å². The highest BCUT2D eigenvalue weighted by Gasteiger charge is 2.24. The Morgan fingerprint density at radius 3 is 3.12 bits per heavy atom. The number of anilines is 1. The lowest BCUT2D eigenvalue weighted by Crippen LogP contribution is -2.45. The van der Waals surface area contributed by atoms with E-state index in [1.807, 2.05) is 6.92 Å². The van der Waals surface area contributed by atoms with E-state index in [4.69, 9.17) is 4.74 Å². The maximum Gasteiger partial charge on any atom is 0.409 e. The van der Waals surface area contributed by atoms with Gasteiger partial charge < -0.3 is 15.0 Å². The minimum absolute atomic E-state index is 0.232. The first-order valence-electron chi connectivity index (χ1n) is 5.59. The van der Waals surface area contributed by atoms with Crippen molar-refractivity contribution in [1.29, 1.82) is 0 Å². The second kappa shape index (κ2) is 5.31. The van der Waals surface area contributed by atoms with E-state index in [0.29, 0.717) is 6.54 Å². The molecule has 0 saturated carbocycles. The van der Waals surface area contributed by atoms with Crippen LogP contribution >= 0.6 is 11.5 Å². The number of aromatic nitrogens is 2. The molecule has 1 atom stereocenters. The topological polar surface area (TPSA) is 67.3 Å². The summed E-state index contributed by atoms with van der Waals surface area (Å²) < 4.78 is 8.84. The minimum atomic E-state index is -0.259. The maximum absolute atomic E-state index is 11.4. The van der Waals surface area contributed by atoms with Crippen LogP contribution in [-0.2, 0) is 4.74 Å². The molecule has 1 unspecified atom stereocenters. The second-order valence-corrected chi connectivity index (χ2v) is 4.80. The first-order chi connectivity index (χ1) is 8.19. The number of hydrogen-bond donors (Lipinski definition) is 1. The van der Waals surface area contributed by atoms with E-state index in [-0.39, 0.29) is 12.1 Å².